The molecular formula is C11H13NO4S. The fourth-order valence-electron chi connectivity index (χ4n) is 1.73. The van der Waals surface area contributed by atoms with Crippen molar-refractivity contribution >= 4 is 23.2 Å². The minimum atomic E-state index is -0.999. The summed E-state index contributed by atoms with van der Waals surface area (Å²) in [5.41, 5.74) is 0. The van der Waals surface area contributed by atoms with E-state index in [1.165, 1.54) is 6.07 Å². The predicted molar refractivity (Wildman–Crippen MR) is 62.6 cm³/mol. The molecule has 1 N–H and O–H groups in total. The maximum absolute atomic E-state index is 12.1. The summed E-state index contributed by atoms with van der Waals surface area (Å²) in [4.78, 5) is 25.1. The summed E-state index contributed by atoms with van der Waals surface area (Å²) >= 11 is 1.00. The molecule has 2 heterocycles. The second kappa shape index (κ2) is 4.85. The molecule has 17 heavy (non-hydrogen) atoms. The van der Waals surface area contributed by atoms with Crippen LogP contribution in [-0.2, 0) is 4.74 Å². The van der Waals surface area contributed by atoms with Gasteiger partial charge in [-0.15, -0.1) is 11.3 Å². The molecule has 92 valence electrons. The monoisotopic (exact) mass is 255 g/mol. The Morgan fingerprint density at radius 1 is 1.47 bits per heavy atom. The van der Waals surface area contributed by atoms with Crippen LogP contribution in [0.2, 0.25) is 0 Å². The van der Waals surface area contributed by atoms with Crippen LogP contribution in [0.15, 0.2) is 12.1 Å². The van der Waals surface area contributed by atoms with E-state index in [1.54, 1.807) is 18.0 Å². The Balaban J connectivity index is 2.09. The van der Waals surface area contributed by atoms with Crippen molar-refractivity contribution in [2.24, 2.45) is 0 Å². The van der Waals surface area contributed by atoms with Gasteiger partial charge in [-0.1, -0.05) is 0 Å². The summed E-state index contributed by atoms with van der Waals surface area (Å²) in [5.74, 6) is -1.14. The van der Waals surface area contributed by atoms with Gasteiger partial charge in [-0.25, -0.2) is 4.79 Å². The van der Waals surface area contributed by atoms with E-state index in [0.29, 0.717) is 18.1 Å². The highest BCUT2D eigenvalue weighted by atomic mass is 32.1. The van der Waals surface area contributed by atoms with Crippen LogP contribution < -0.4 is 0 Å². The summed E-state index contributed by atoms with van der Waals surface area (Å²) < 4.78 is 5.22. The van der Waals surface area contributed by atoms with Gasteiger partial charge in [0.2, 0.25) is 0 Å². The summed E-state index contributed by atoms with van der Waals surface area (Å²) in [7, 11) is 1.72. The number of carbonyl (C=O) groups excluding carboxylic acids is 1. The third kappa shape index (κ3) is 2.48. The van der Waals surface area contributed by atoms with Crippen LogP contribution in [0.5, 0.6) is 0 Å². The first-order valence-electron chi connectivity index (χ1n) is 5.27. The molecule has 0 spiro atoms. The number of carboxylic acids is 1. The van der Waals surface area contributed by atoms with Gasteiger partial charge in [-0.2, -0.15) is 0 Å². The molecule has 1 aromatic rings. The standard InChI is InChI=1S/C11H13NO4S/c1-12(7-4-5-16-6-7)10(13)8-2-3-9(17-8)11(14)15/h2-3,7H,4-6H2,1H3,(H,14,15). The van der Waals surface area contributed by atoms with Crippen molar-refractivity contribution in [3.63, 3.8) is 0 Å². The van der Waals surface area contributed by atoms with Gasteiger partial charge in [-0.05, 0) is 18.6 Å². The third-order valence-corrected chi connectivity index (χ3v) is 3.86. The van der Waals surface area contributed by atoms with Crippen LogP contribution in [0.4, 0.5) is 0 Å². The van der Waals surface area contributed by atoms with Gasteiger partial charge in [-0.3, -0.25) is 4.79 Å². The molecule has 0 saturated carbocycles. The second-order valence-corrected chi connectivity index (χ2v) is 4.99. The molecule has 2 rings (SSSR count). The van der Waals surface area contributed by atoms with Crippen molar-refractivity contribution < 1.29 is 19.4 Å². The van der Waals surface area contributed by atoms with Gasteiger partial charge in [0.1, 0.15) is 4.88 Å². The van der Waals surface area contributed by atoms with E-state index in [4.69, 9.17) is 9.84 Å². The van der Waals surface area contributed by atoms with Crippen LogP contribution in [0.1, 0.15) is 25.8 Å². The maximum atomic E-state index is 12.1. The molecule has 0 radical (unpaired) electrons. The minimum absolute atomic E-state index is 0.0953. The minimum Gasteiger partial charge on any atom is -0.477 e. The first-order chi connectivity index (χ1) is 8.09. The number of amides is 1. The van der Waals surface area contributed by atoms with Gasteiger partial charge in [0.15, 0.2) is 0 Å². The van der Waals surface area contributed by atoms with Crippen molar-refractivity contribution in [3.05, 3.63) is 21.9 Å². The lowest BCUT2D eigenvalue weighted by Gasteiger charge is -2.22. The number of nitrogens with zero attached hydrogens (tertiary/aromatic N) is 1. The summed E-state index contributed by atoms with van der Waals surface area (Å²) in [6.07, 6.45) is 0.833. The zero-order valence-electron chi connectivity index (χ0n) is 9.38. The van der Waals surface area contributed by atoms with Crippen molar-refractivity contribution in [2.75, 3.05) is 20.3 Å². The van der Waals surface area contributed by atoms with E-state index in [1.807, 2.05) is 0 Å². The third-order valence-electron chi connectivity index (χ3n) is 2.80. The SMILES string of the molecule is CN(C(=O)c1ccc(C(=O)O)s1)C1CCOC1. The van der Waals surface area contributed by atoms with E-state index < -0.39 is 5.97 Å². The zero-order valence-corrected chi connectivity index (χ0v) is 10.2. The van der Waals surface area contributed by atoms with Crippen LogP contribution >= 0.6 is 11.3 Å². The van der Waals surface area contributed by atoms with Crippen molar-refractivity contribution in [3.8, 4) is 0 Å². The molecule has 1 aromatic heterocycles. The van der Waals surface area contributed by atoms with Crippen molar-refractivity contribution in [2.45, 2.75) is 12.5 Å². The van der Waals surface area contributed by atoms with Gasteiger partial charge in [0.25, 0.3) is 5.91 Å². The Morgan fingerprint density at radius 2 is 2.18 bits per heavy atom. The summed E-state index contributed by atoms with van der Waals surface area (Å²) in [5, 5.41) is 8.80. The molecule has 1 aliphatic rings. The van der Waals surface area contributed by atoms with E-state index in [0.717, 1.165) is 17.8 Å². The molecule has 6 heteroatoms. The Kier molecular flexibility index (Phi) is 3.44. The Bertz CT molecular complexity index is 436. The van der Waals surface area contributed by atoms with Gasteiger partial charge >= 0.3 is 5.97 Å². The average molecular weight is 255 g/mol. The average Bonchev–Trinajstić information content (AvgIpc) is 2.97. The van der Waals surface area contributed by atoms with Gasteiger partial charge < -0.3 is 14.7 Å². The largest absolute Gasteiger partial charge is 0.477 e. The molecule has 1 amide bonds. The lowest BCUT2D eigenvalue weighted by atomic mass is 10.2. The quantitative estimate of drug-likeness (QED) is 0.884. The first kappa shape index (κ1) is 12.1. The van der Waals surface area contributed by atoms with Crippen LogP contribution in [0.3, 0.4) is 0 Å². The number of hydrogen-bond acceptors (Lipinski definition) is 4. The molecule has 0 bridgehead atoms. The number of hydrogen-bond donors (Lipinski definition) is 1. The van der Waals surface area contributed by atoms with Crippen LogP contribution in [0, 0.1) is 0 Å². The lowest BCUT2D eigenvalue weighted by Crippen LogP contribution is -2.36. The molecule has 5 nitrogen and oxygen atoms in total. The van der Waals surface area contributed by atoms with Crippen LogP contribution in [-0.4, -0.2) is 48.2 Å². The number of thiophene rings is 1. The van der Waals surface area contributed by atoms with Crippen molar-refractivity contribution in [1.82, 2.24) is 4.90 Å². The molecule has 1 fully saturated rings. The molecule has 0 aromatic carbocycles. The van der Waals surface area contributed by atoms with E-state index in [2.05, 4.69) is 0 Å². The number of carboxylic acid groups (broad SMARTS) is 1. The lowest BCUT2D eigenvalue weighted by molar-refractivity contribution is 0.0699. The first-order valence-corrected chi connectivity index (χ1v) is 6.09. The Morgan fingerprint density at radius 3 is 2.71 bits per heavy atom. The fraction of sp³-hybridized carbons (Fsp3) is 0.455. The Labute approximate surface area is 103 Å². The number of carbonyl (C=O) groups is 2. The number of aromatic carboxylic acids is 1. The number of ether oxygens (including phenoxy) is 1. The maximum Gasteiger partial charge on any atom is 0.345 e. The zero-order chi connectivity index (χ0) is 12.4. The fourth-order valence-corrected chi connectivity index (χ4v) is 2.56. The highest BCUT2D eigenvalue weighted by Crippen LogP contribution is 2.20. The predicted octanol–water partition coefficient (Wildman–Crippen LogP) is 1.31. The van der Waals surface area contributed by atoms with Crippen LogP contribution in [0.25, 0.3) is 0 Å². The molecule has 1 atom stereocenters. The Hall–Kier alpha value is -1.40. The topological polar surface area (TPSA) is 66.8 Å². The van der Waals surface area contributed by atoms with E-state index >= 15 is 0 Å². The van der Waals surface area contributed by atoms with Gasteiger partial charge in [0.05, 0.1) is 17.5 Å². The molecular weight excluding hydrogens is 242 g/mol. The van der Waals surface area contributed by atoms with Gasteiger partial charge in [0, 0.05) is 13.7 Å². The highest BCUT2D eigenvalue weighted by Gasteiger charge is 2.26. The number of rotatable bonds is 3. The van der Waals surface area contributed by atoms with Crippen molar-refractivity contribution in [1.29, 1.82) is 0 Å². The highest BCUT2D eigenvalue weighted by molar-refractivity contribution is 7.15. The summed E-state index contributed by atoms with van der Waals surface area (Å²) in [6.45, 7) is 1.23. The molecule has 1 saturated heterocycles. The molecule has 1 unspecified atom stereocenters. The van der Waals surface area contributed by atoms with E-state index in [9.17, 15) is 9.59 Å². The summed E-state index contributed by atoms with van der Waals surface area (Å²) in [6, 6.07) is 3.11. The van der Waals surface area contributed by atoms with E-state index in [-0.39, 0.29) is 16.8 Å². The second-order valence-electron chi connectivity index (χ2n) is 3.90. The number of likely N-dealkylation sites (N-methyl/N-ethyl adjacent to an activating group) is 1. The smallest absolute Gasteiger partial charge is 0.345 e. The normalized spacial score (nSPS) is 19.2. The molecule has 0 aliphatic carbocycles. The molecule has 1 aliphatic heterocycles.